The molecule has 0 spiro atoms. The standard InChI is InChI=1S/C10H12O/c11-10-6-5-8-3-1-2-4-9(8)7-10/h3,7H,1-2,4-6H2. The van der Waals surface area contributed by atoms with E-state index in [1.54, 1.807) is 0 Å². The Morgan fingerprint density at radius 3 is 2.91 bits per heavy atom. The molecule has 1 heteroatoms. The summed E-state index contributed by atoms with van der Waals surface area (Å²) >= 11 is 0. The van der Waals surface area contributed by atoms with E-state index < -0.39 is 0 Å². The van der Waals surface area contributed by atoms with Gasteiger partial charge in [0.25, 0.3) is 0 Å². The topological polar surface area (TPSA) is 17.1 Å². The lowest BCUT2D eigenvalue weighted by molar-refractivity contribution is -0.114. The Hall–Kier alpha value is -0.850. The van der Waals surface area contributed by atoms with Crippen molar-refractivity contribution in [3.05, 3.63) is 23.3 Å². The van der Waals surface area contributed by atoms with E-state index in [-0.39, 0.29) is 0 Å². The number of carbonyl (C=O) groups excluding carboxylic acids is 1. The number of hydrogen-bond acceptors (Lipinski definition) is 1. The van der Waals surface area contributed by atoms with E-state index in [1.807, 2.05) is 6.08 Å². The Morgan fingerprint density at radius 2 is 2.00 bits per heavy atom. The maximum absolute atomic E-state index is 11.0. The average Bonchev–Trinajstić information content (AvgIpc) is 2.04. The van der Waals surface area contributed by atoms with Crippen LogP contribution in [0.25, 0.3) is 0 Å². The number of carbonyl (C=O) groups is 1. The van der Waals surface area contributed by atoms with E-state index in [2.05, 4.69) is 6.08 Å². The highest BCUT2D eigenvalue weighted by molar-refractivity contribution is 5.92. The van der Waals surface area contributed by atoms with Gasteiger partial charge in [0.15, 0.2) is 5.78 Å². The van der Waals surface area contributed by atoms with E-state index >= 15 is 0 Å². The minimum atomic E-state index is 0.319. The average molecular weight is 148 g/mol. The Labute approximate surface area is 66.8 Å². The van der Waals surface area contributed by atoms with Gasteiger partial charge in [0, 0.05) is 6.42 Å². The molecule has 2 rings (SSSR count). The summed E-state index contributed by atoms with van der Waals surface area (Å²) in [4.78, 5) is 11.0. The van der Waals surface area contributed by atoms with Crippen molar-refractivity contribution in [1.29, 1.82) is 0 Å². The molecule has 1 nitrogen and oxygen atoms in total. The maximum atomic E-state index is 11.0. The van der Waals surface area contributed by atoms with Crippen molar-refractivity contribution in [1.82, 2.24) is 0 Å². The highest BCUT2D eigenvalue weighted by atomic mass is 16.1. The lowest BCUT2D eigenvalue weighted by atomic mass is 9.85. The molecule has 0 saturated heterocycles. The fourth-order valence-electron chi connectivity index (χ4n) is 1.81. The van der Waals surface area contributed by atoms with Crippen LogP contribution in [0.1, 0.15) is 32.1 Å². The summed E-state index contributed by atoms with van der Waals surface area (Å²) in [6.45, 7) is 0. The highest BCUT2D eigenvalue weighted by Gasteiger charge is 2.16. The third kappa shape index (κ3) is 1.28. The largest absolute Gasteiger partial charge is 0.295 e. The first-order chi connectivity index (χ1) is 5.36. The van der Waals surface area contributed by atoms with Crippen molar-refractivity contribution in [3.8, 4) is 0 Å². The van der Waals surface area contributed by atoms with Crippen LogP contribution in [-0.4, -0.2) is 5.78 Å². The number of rotatable bonds is 0. The molecule has 0 atom stereocenters. The van der Waals surface area contributed by atoms with Gasteiger partial charge in [-0.15, -0.1) is 0 Å². The number of hydrogen-bond donors (Lipinski definition) is 0. The van der Waals surface area contributed by atoms with Crippen molar-refractivity contribution in [2.45, 2.75) is 32.1 Å². The number of ketones is 1. The Balaban J connectivity index is 2.32. The van der Waals surface area contributed by atoms with Crippen molar-refractivity contribution in [2.24, 2.45) is 0 Å². The maximum Gasteiger partial charge on any atom is 0.156 e. The molecule has 0 bridgehead atoms. The van der Waals surface area contributed by atoms with Gasteiger partial charge in [0.05, 0.1) is 0 Å². The summed E-state index contributed by atoms with van der Waals surface area (Å²) in [6, 6.07) is 0. The van der Waals surface area contributed by atoms with Crippen molar-refractivity contribution in [2.75, 3.05) is 0 Å². The van der Waals surface area contributed by atoms with Crippen LogP contribution in [0.2, 0.25) is 0 Å². The van der Waals surface area contributed by atoms with Crippen LogP contribution in [0, 0.1) is 0 Å². The van der Waals surface area contributed by atoms with Crippen LogP contribution in [0.4, 0.5) is 0 Å². The van der Waals surface area contributed by atoms with E-state index in [4.69, 9.17) is 0 Å². The van der Waals surface area contributed by atoms with Crippen LogP contribution in [0.15, 0.2) is 23.3 Å². The van der Waals surface area contributed by atoms with Crippen molar-refractivity contribution >= 4 is 5.78 Å². The first kappa shape index (κ1) is 6.84. The van der Waals surface area contributed by atoms with Crippen LogP contribution >= 0.6 is 0 Å². The highest BCUT2D eigenvalue weighted by Crippen LogP contribution is 2.30. The van der Waals surface area contributed by atoms with Crippen LogP contribution in [0.5, 0.6) is 0 Å². The summed E-state index contributed by atoms with van der Waals surface area (Å²) < 4.78 is 0. The predicted molar refractivity (Wildman–Crippen MR) is 44.3 cm³/mol. The summed E-state index contributed by atoms with van der Waals surface area (Å²) in [6.07, 6.45) is 9.41. The summed E-state index contributed by atoms with van der Waals surface area (Å²) in [5.74, 6) is 0.319. The van der Waals surface area contributed by atoms with Gasteiger partial charge in [0.2, 0.25) is 0 Å². The van der Waals surface area contributed by atoms with Gasteiger partial charge >= 0.3 is 0 Å². The molecule has 58 valence electrons. The van der Waals surface area contributed by atoms with Crippen molar-refractivity contribution in [3.63, 3.8) is 0 Å². The zero-order chi connectivity index (χ0) is 7.68. The van der Waals surface area contributed by atoms with Gasteiger partial charge in [-0.05, 0) is 42.9 Å². The minimum absolute atomic E-state index is 0.319. The quantitative estimate of drug-likeness (QED) is 0.515. The van der Waals surface area contributed by atoms with Gasteiger partial charge in [0.1, 0.15) is 0 Å². The van der Waals surface area contributed by atoms with Crippen LogP contribution in [0.3, 0.4) is 0 Å². The molecule has 0 aromatic rings. The van der Waals surface area contributed by atoms with Gasteiger partial charge in [-0.1, -0.05) is 6.08 Å². The molecular weight excluding hydrogens is 136 g/mol. The lowest BCUT2D eigenvalue weighted by Crippen LogP contribution is -2.08. The van der Waals surface area contributed by atoms with Gasteiger partial charge in [-0.3, -0.25) is 4.79 Å². The SMILES string of the molecule is O=C1C=C2CCCC=C2CC1. The molecule has 0 N–H and O–H groups in total. The molecule has 0 aromatic carbocycles. The van der Waals surface area contributed by atoms with E-state index in [9.17, 15) is 4.79 Å². The monoisotopic (exact) mass is 148 g/mol. The third-order valence-corrected chi connectivity index (χ3v) is 2.43. The van der Waals surface area contributed by atoms with E-state index in [0.29, 0.717) is 5.78 Å². The Morgan fingerprint density at radius 1 is 1.09 bits per heavy atom. The smallest absolute Gasteiger partial charge is 0.156 e. The molecule has 0 aromatic heterocycles. The zero-order valence-corrected chi connectivity index (χ0v) is 6.60. The second-order valence-electron chi connectivity index (χ2n) is 3.26. The second-order valence-corrected chi connectivity index (χ2v) is 3.26. The molecule has 0 radical (unpaired) electrons. The lowest BCUT2D eigenvalue weighted by Gasteiger charge is -2.19. The molecule has 0 aliphatic heterocycles. The number of allylic oxidation sites excluding steroid dienone is 4. The second kappa shape index (κ2) is 2.65. The van der Waals surface area contributed by atoms with Crippen molar-refractivity contribution < 1.29 is 4.79 Å². The van der Waals surface area contributed by atoms with Crippen LogP contribution < -0.4 is 0 Å². The summed E-state index contributed by atoms with van der Waals surface area (Å²) in [5, 5.41) is 0. The third-order valence-electron chi connectivity index (χ3n) is 2.43. The van der Waals surface area contributed by atoms with E-state index in [1.165, 1.54) is 24.0 Å². The van der Waals surface area contributed by atoms with Gasteiger partial charge < -0.3 is 0 Å². The molecule has 0 amide bonds. The summed E-state index contributed by atoms with van der Waals surface area (Å²) in [5.41, 5.74) is 2.75. The predicted octanol–water partition coefficient (Wildman–Crippen LogP) is 2.39. The molecule has 0 saturated carbocycles. The fourth-order valence-corrected chi connectivity index (χ4v) is 1.81. The van der Waals surface area contributed by atoms with Gasteiger partial charge in [-0.25, -0.2) is 0 Å². The zero-order valence-electron chi connectivity index (χ0n) is 6.60. The molecule has 2 aliphatic rings. The fraction of sp³-hybridized carbons (Fsp3) is 0.500. The van der Waals surface area contributed by atoms with Crippen LogP contribution in [-0.2, 0) is 4.79 Å². The molecule has 2 aliphatic carbocycles. The first-order valence-electron chi connectivity index (χ1n) is 4.29. The minimum Gasteiger partial charge on any atom is -0.295 e. The molecule has 0 heterocycles. The molecule has 0 unspecified atom stereocenters. The van der Waals surface area contributed by atoms with Gasteiger partial charge in [-0.2, -0.15) is 0 Å². The van der Waals surface area contributed by atoms with E-state index in [0.717, 1.165) is 19.3 Å². The normalized spacial score (nSPS) is 23.8. The molecular formula is C10H12O. The summed E-state index contributed by atoms with van der Waals surface area (Å²) in [7, 11) is 0. The molecule has 11 heavy (non-hydrogen) atoms. The number of fused-ring (bicyclic) bond motifs is 1. The molecule has 0 fully saturated rings. The first-order valence-corrected chi connectivity index (χ1v) is 4.29. The Kier molecular flexibility index (Phi) is 1.65. The Bertz CT molecular complexity index is 246.